The number of para-hydroxylation sites is 1. The first kappa shape index (κ1) is 21.4. The first-order chi connectivity index (χ1) is 15.0. The van der Waals surface area contributed by atoms with Crippen LogP contribution in [-0.4, -0.2) is 49.5 Å². The summed E-state index contributed by atoms with van der Waals surface area (Å²) in [6, 6.07) is 17.4. The second kappa shape index (κ2) is 9.10. The first-order valence-corrected chi connectivity index (χ1v) is 11.0. The second-order valence-electron chi connectivity index (χ2n) is 8.97. The largest absolute Gasteiger partial charge is 0.485 e. The molecule has 2 aromatic carbocycles. The van der Waals surface area contributed by atoms with Crippen LogP contribution in [0.2, 0.25) is 0 Å². The van der Waals surface area contributed by atoms with Crippen molar-refractivity contribution in [1.29, 1.82) is 0 Å². The third-order valence-electron chi connectivity index (χ3n) is 6.36. The van der Waals surface area contributed by atoms with Crippen molar-refractivity contribution >= 4 is 11.8 Å². The number of carbonyl (C=O) groups is 2. The van der Waals surface area contributed by atoms with E-state index in [9.17, 15) is 9.59 Å². The molecule has 2 aromatic rings. The molecule has 6 heteroatoms. The Bertz CT molecular complexity index is 921. The summed E-state index contributed by atoms with van der Waals surface area (Å²) in [5, 5.41) is 6.28. The molecule has 1 heterocycles. The van der Waals surface area contributed by atoms with E-state index in [0.717, 1.165) is 37.8 Å². The van der Waals surface area contributed by atoms with Crippen molar-refractivity contribution in [3.05, 3.63) is 65.7 Å². The molecule has 1 unspecified atom stereocenters. The summed E-state index contributed by atoms with van der Waals surface area (Å²) in [4.78, 5) is 27.6. The van der Waals surface area contributed by atoms with E-state index in [2.05, 4.69) is 27.7 Å². The lowest BCUT2D eigenvalue weighted by atomic mass is 9.78. The zero-order chi connectivity index (χ0) is 21.8. The summed E-state index contributed by atoms with van der Waals surface area (Å²) >= 11 is 0. The molecule has 4 rings (SSSR count). The minimum absolute atomic E-state index is 0.0418. The molecule has 2 aliphatic rings. The van der Waals surface area contributed by atoms with Crippen molar-refractivity contribution in [2.75, 3.05) is 27.2 Å². The van der Waals surface area contributed by atoms with Crippen LogP contribution in [0.4, 0.5) is 0 Å². The van der Waals surface area contributed by atoms with Crippen molar-refractivity contribution in [3.63, 3.8) is 0 Å². The lowest BCUT2D eigenvalue weighted by Gasteiger charge is -2.39. The van der Waals surface area contributed by atoms with Gasteiger partial charge in [0.1, 0.15) is 11.4 Å². The Morgan fingerprint density at radius 1 is 1.13 bits per heavy atom. The van der Waals surface area contributed by atoms with E-state index < -0.39 is 5.60 Å². The van der Waals surface area contributed by atoms with Gasteiger partial charge in [0.15, 0.2) is 0 Å². The van der Waals surface area contributed by atoms with Crippen LogP contribution in [-0.2, 0) is 4.79 Å². The van der Waals surface area contributed by atoms with Crippen LogP contribution in [0.15, 0.2) is 54.6 Å². The van der Waals surface area contributed by atoms with E-state index in [4.69, 9.17) is 4.74 Å². The highest BCUT2D eigenvalue weighted by Gasteiger charge is 2.42. The van der Waals surface area contributed by atoms with E-state index in [-0.39, 0.29) is 23.8 Å². The Balaban J connectivity index is 1.41. The lowest BCUT2D eigenvalue weighted by molar-refractivity contribution is -0.128. The molecule has 1 saturated carbocycles. The Morgan fingerprint density at radius 2 is 1.81 bits per heavy atom. The highest BCUT2D eigenvalue weighted by molar-refractivity contribution is 5.97. The third kappa shape index (κ3) is 4.90. The molecule has 0 aromatic heterocycles. The van der Waals surface area contributed by atoms with Gasteiger partial charge in [-0.2, -0.15) is 0 Å². The van der Waals surface area contributed by atoms with Gasteiger partial charge in [0.2, 0.25) is 5.91 Å². The van der Waals surface area contributed by atoms with Crippen LogP contribution in [0, 0.1) is 5.92 Å². The van der Waals surface area contributed by atoms with E-state index in [0.29, 0.717) is 17.9 Å². The van der Waals surface area contributed by atoms with Gasteiger partial charge in [0.05, 0.1) is 18.2 Å². The van der Waals surface area contributed by atoms with Gasteiger partial charge in [-0.25, -0.2) is 0 Å². The van der Waals surface area contributed by atoms with Gasteiger partial charge in [-0.15, -0.1) is 0 Å². The smallest absolute Gasteiger partial charge is 0.255 e. The van der Waals surface area contributed by atoms with Gasteiger partial charge in [-0.1, -0.05) is 42.5 Å². The normalized spacial score (nSPS) is 24.0. The predicted octanol–water partition coefficient (Wildman–Crippen LogP) is 3.16. The molecule has 2 N–H and O–H groups in total. The highest BCUT2D eigenvalue weighted by Crippen LogP contribution is 2.38. The predicted molar refractivity (Wildman–Crippen MR) is 120 cm³/mol. The minimum Gasteiger partial charge on any atom is -0.485 e. The second-order valence-corrected chi connectivity index (χ2v) is 8.97. The third-order valence-corrected chi connectivity index (χ3v) is 6.36. The van der Waals surface area contributed by atoms with Crippen LogP contribution >= 0.6 is 0 Å². The molecule has 1 fully saturated rings. The summed E-state index contributed by atoms with van der Waals surface area (Å²) < 4.78 is 6.37. The van der Waals surface area contributed by atoms with Crippen molar-refractivity contribution in [1.82, 2.24) is 15.5 Å². The Kier molecular flexibility index (Phi) is 6.28. The van der Waals surface area contributed by atoms with Crippen molar-refractivity contribution in [2.45, 2.75) is 37.3 Å². The average Bonchev–Trinajstić information content (AvgIpc) is 2.91. The number of nitrogens with zero attached hydrogens (tertiary/aromatic N) is 1. The number of likely N-dealkylation sites (N-methyl/N-ethyl adjacent to an activating group) is 1. The molecule has 2 amide bonds. The van der Waals surface area contributed by atoms with E-state index in [1.807, 2.05) is 50.5 Å². The molecule has 0 radical (unpaired) electrons. The van der Waals surface area contributed by atoms with Crippen molar-refractivity contribution < 1.29 is 14.3 Å². The van der Waals surface area contributed by atoms with Crippen molar-refractivity contribution in [2.24, 2.45) is 5.92 Å². The molecule has 1 spiro atoms. The number of amides is 2. The summed E-state index contributed by atoms with van der Waals surface area (Å²) in [6.45, 7) is 1.22. The zero-order valence-electron chi connectivity index (χ0n) is 18.3. The van der Waals surface area contributed by atoms with E-state index in [1.165, 1.54) is 0 Å². The quantitative estimate of drug-likeness (QED) is 0.778. The number of hydrogen-bond acceptors (Lipinski definition) is 4. The van der Waals surface area contributed by atoms with Crippen LogP contribution in [0.5, 0.6) is 5.75 Å². The molecule has 1 atom stereocenters. The fourth-order valence-electron chi connectivity index (χ4n) is 4.61. The Morgan fingerprint density at radius 3 is 2.52 bits per heavy atom. The summed E-state index contributed by atoms with van der Waals surface area (Å²) in [7, 11) is 4.03. The number of fused-ring (bicyclic) bond motifs is 1. The van der Waals surface area contributed by atoms with Gasteiger partial charge in [0.25, 0.3) is 5.91 Å². The molecule has 0 bridgehead atoms. The maximum Gasteiger partial charge on any atom is 0.255 e. The van der Waals surface area contributed by atoms with Crippen LogP contribution in [0.25, 0.3) is 0 Å². The standard InChI is InChI=1S/C25H31N3O3/c1-28(2)16-21(18-8-4-3-5-9-18)27-23(29)19-12-14-25(15-13-19)17-26-24(30)20-10-6-7-11-22(20)31-25/h3-11,19,21H,12-17H2,1-2H3,(H,26,30)(H,27,29). The lowest BCUT2D eigenvalue weighted by Crippen LogP contribution is -2.49. The van der Waals surface area contributed by atoms with Gasteiger partial charge in [-0.3, -0.25) is 9.59 Å². The van der Waals surface area contributed by atoms with Gasteiger partial charge < -0.3 is 20.3 Å². The summed E-state index contributed by atoms with van der Waals surface area (Å²) in [5.74, 6) is 0.595. The number of ether oxygens (including phenoxy) is 1. The molecular weight excluding hydrogens is 390 g/mol. The van der Waals surface area contributed by atoms with Crippen molar-refractivity contribution in [3.8, 4) is 5.75 Å². The SMILES string of the molecule is CN(C)CC(NC(=O)C1CCC2(CC1)CNC(=O)c1ccccc1O2)c1ccccc1. The number of benzene rings is 2. The number of carbonyl (C=O) groups excluding carboxylic acids is 2. The number of hydrogen-bond donors (Lipinski definition) is 2. The summed E-state index contributed by atoms with van der Waals surface area (Å²) in [5.41, 5.74) is 1.25. The summed E-state index contributed by atoms with van der Waals surface area (Å²) in [6.07, 6.45) is 2.97. The molecule has 6 nitrogen and oxygen atoms in total. The maximum atomic E-state index is 13.1. The Labute approximate surface area is 184 Å². The van der Waals surface area contributed by atoms with E-state index in [1.54, 1.807) is 6.07 Å². The average molecular weight is 422 g/mol. The minimum atomic E-state index is -0.443. The van der Waals surface area contributed by atoms with Crippen LogP contribution in [0.3, 0.4) is 0 Å². The highest BCUT2D eigenvalue weighted by atomic mass is 16.5. The first-order valence-electron chi connectivity index (χ1n) is 11.0. The van der Waals surface area contributed by atoms with Gasteiger partial charge in [-0.05, 0) is 57.5 Å². The number of rotatable bonds is 5. The molecule has 0 saturated heterocycles. The van der Waals surface area contributed by atoms with Gasteiger partial charge in [0, 0.05) is 12.5 Å². The van der Waals surface area contributed by atoms with Gasteiger partial charge >= 0.3 is 0 Å². The monoisotopic (exact) mass is 421 g/mol. The molecule has 1 aliphatic heterocycles. The van der Waals surface area contributed by atoms with Crippen LogP contribution < -0.4 is 15.4 Å². The van der Waals surface area contributed by atoms with E-state index >= 15 is 0 Å². The van der Waals surface area contributed by atoms with Crippen LogP contribution in [0.1, 0.15) is 47.6 Å². The molecule has 1 aliphatic carbocycles. The topological polar surface area (TPSA) is 70.7 Å². The Hall–Kier alpha value is -2.86. The fraction of sp³-hybridized carbons (Fsp3) is 0.440. The zero-order valence-corrected chi connectivity index (χ0v) is 18.3. The molecule has 164 valence electrons. The maximum absolute atomic E-state index is 13.1. The number of nitrogens with one attached hydrogen (secondary N) is 2. The molecule has 31 heavy (non-hydrogen) atoms. The molecular formula is C25H31N3O3. The fourth-order valence-corrected chi connectivity index (χ4v) is 4.61.